The van der Waals surface area contributed by atoms with Crippen molar-refractivity contribution >= 4 is 23.0 Å². The van der Waals surface area contributed by atoms with Gasteiger partial charge in [-0.25, -0.2) is 4.94 Å². The summed E-state index contributed by atoms with van der Waals surface area (Å²) in [5, 5.41) is 2.63. The van der Waals surface area contributed by atoms with Gasteiger partial charge >= 0.3 is 0 Å². The largest absolute Gasteiger partial charge is 0.453 e. The van der Waals surface area contributed by atoms with Crippen molar-refractivity contribution in [3.63, 3.8) is 0 Å². The Balaban J connectivity index is 1.55. The molecule has 2 aliphatic heterocycles. The fourth-order valence-corrected chi connectivity index (χ4v) is 3.42. The first-order chi connectivity index (χ1) is 12.6. The maximum atomic E-state index is 6.24. The third kappa shape index (κ3) is 3.51. The second-order valence-electron chi connectivity index (χ2n) is 6.67. The number of hydroxylamine groups is 3. The third-order valence-electron chi connectivity index (χ3n) is 4.73. The van der Waals surface area contributed by atoms with Gasteiger partial charge in [0.25, 0.3) is 0 Å². The van der Waals surface area contributed by atoms with E-state index in [1.165, 1.54) is 0 Å². The molecule has 1 fully saturated rings. The van der Waals surface area contributed by atoms with Crippen molar-refractivity contribution in [3.05, 3.63) is 47.5 Å². The van der Waals surface area contributed by atoms with E-state index in [0.29, 0.717) is 5.02 Å². The van der Waals surface area contributed by atoms with Gasteiger partial charge < -0.3 is 14.5 Å². The standard InChI is InChI=1S/C19H23ClN4O2/c1-14(21-26-23-11-9-22(2)10-12-23)24-16-5-3-4-6-18(16)25-19-8-7-15(20)13-17(19)24/h3-8,13-14,21H,9-12H2,1-2H3. The van der Waals surface area contributed by atoms with Gasteiger partial charge in [0.05, 0.1) is 11.4 Å². The molecule has 7 heteroatoms. The zero-order valence-electron chi connectivity index (χ0n) is 15.0. The SMILES string of the molecule is CC(NON1CCN(C)CC1)N1c2ccccc2Oc2ccc(Cl)cc21. The Labute approximate surface area is 158 Å². The van der Waals surface area contributed by atoms with Crippen LogP contribution in [0.1, 0.15) is 6.92 Å². The van der Waals surface area contributed by atoms with Crippen molar-refractivity contribution in [1.29, 1.82) is 0 Å². The van der Waals surface area contributed by atoms with Crippen LogP contribution < -0.4 is 15.1 Å². The van der Waals surface area contributed by atoms with Crippen LogP contribution in [0.2, 0.25) is 5.02 Å². The van der Waals surface area contributed by atoms with E-state index < -0.39 is 0 Å². The lowest BCUT2D eigenvalue weighted by molar-refractivity contribution is -0.229. The molecular formula is C19H23ClN4O2. The van der Waals surface area contributed by atoms with Gasteiger partial charge in [0, 0.05) is 31.2 Å². The van der Waals surface area contributed by atoms with Gasteiger partial charge in [0.15, 0.2) is 11.5 Å². The van der Waals surface area contributed by atoms with Crippen LogP contribution in [0.5, 0.6) is 11.5 Å². The van der Waals surface area contributed by atoms with E-state index >= 15 is 0 Å². The third-order valence-corrected chi connectivity index (χ3v) is 4.96. The van der Waals surface area contributed by atoms with Crippen molar-refractivity contribution in [2.24, 2.45) is 0 Å². The maximum absolute atomic E-state index is 6.24. The summed E-state index contributed by atoms with van der Waals surface area (Å²) in [6.07, 6.45) is -0.114. The molecule has 6 nitrogen and oxygen atoms in total. The number of fused-ring (bicyclic) bond motifs is 2. The van der Waals surface area contributed by atoms with Gasteiger partial charge in [0.1, 0.15) is 6.17 Å². The topological polar surface area (TPSA) is 40.2 Å². The number of para-hydroxylation sites is 2. The van der Waals surface area contributed by atoms with Crippen LogP contribution in [0.3, 0.4) is 0 Å². The average Bonchev–Trinajstić information content (AvgIpc) is 2.65. The lowest BCUT2D eigenvalue weighted by Crippen LogP contribution is -2.50. The van der Waals surface area contributed by atoms with Crippen LogP contribution in [0.4, 0.5) is 11.4 Å². The number of hydrogen-bond acceptors (Lipinski definition) is 6. The Morgan fingerprint density at radius 2 is 1.77 bits per heavy atom. The van der Waals surface area contributed by atoms with Crippen molar-refractivity contribution in [1.82, 2.24) is 15.4 Å². The van der Waals surface area contributed by atoms with Crippen LogP contribution >= 0.6 is 11.6 Å². The second-order valence-corrected chi connectivity index (χ2v) is 7.11. The minimum Gasteiger partial charge on any atom is -0.453 e. The average molecular weight is 375 g/mol. The Morgan fingerprint density at radius 1 is 1.04 bits per heavy atom. The smallest absolute Gasteiger partial charge is 0.151 e. The summed E-state index contributed by atoms with van der Waals surface area (Å²) >= 11 is 6.24. The fraction of sp³-hybridized carbons (Fsp3) is 0.368. The number of rotatable bonds is 4. The molecule has 0 aliphatic carbocycles. The number of likely N-dealkylation sites (N-methyl/N-ethyl adjacent to an activating group) is 1. The highest BCUT2D eigenvalue weighted by molar-refractivity contribution is 6.31. The maximum Gasteiger partial charge on any atom is 0.151 e. The van der Waals surface area contributed by atoms with Crippen LogP contribution in [0.25, 0.3) is 0 Å². The molecule has 0 aromatic heterocycles. The number of anilines is 2. The zero-order chi connectivity index (χ0) is 18.1. The molecule has 1 saturated heterocycles. The molecule has 2 aromatic carbocycles. The summed E-state index contributed by atoms with van der Waals surface area (Å²) < 4.78 is 6.03. The fourth-order valence-electron chi connectivity index (χ4n) is 3.26. The van der Waals surface area contributed by atoms with Gasteiger partial charge in [0.2, 0.25) is 0 Å². The van der Waals surface area contributed by atoms with Crippen LogP contribution in [0.15, 0.2) is 42.5 Å². The Hall–Kier alpha value is -1.83. The minimum absolute atomic E-state index is 0.114. The molecule has 0 spiro atoms. The van der Waals surface area contributed by atoms with E-state index in [1.807, 2.05) is 47.5 Å². The van der Waals surface area contributed by atoms with Crippen molar-refractivity contribution < 1.29 is 9.68 Å². The first-order valence-electron chi connectivity index (χ1n) is 8.83. The molecule has 1 unspecified atom stereocenters. The molecule has 1 N–H and O–H groups in total. The van der Waals surface area contributed by atoms with Crippen LogP contribution in [-0.2, 0) is 4.94 Å². The summed E-state index contributed by atoms with van der Waals surface area (Å²) in [4.78, 5) is 10.3. The van der Waals surface area contributed by atoms with E-state index in [9.17, 15) is 0 Å². The predicted octanol–water partition coefficient (Wildman–Crippen LogP) is 3.61. The molecule has 0 amide bonds. The number of ether oxygens (including phenoxy) is 1. The lowest BCUT2D eigenvalue weighted by atomic mass is 10.1. The summed E-state index contributed by atoms with van der Waals surface area (Å²) in [7, 11) is 2.12. The summed E-state index contributed by atoms with van der Waals surface area (Å²) in [6.45, 7) is 5.79. The summed E-state index contributed by atoms with van der Waals surface area (Å²) in [5.41, 5.74) is 5.06. The Bertz CT molecular complexity index is 780. The number of nitrogens with zero attached hydrogens (tertiary/aromatic N) is 3. The minimum atomic E-state index is -0.114. The van der Waals surface area contributed by atoms with E-state index in [2.05, 4.69) is 29.3 Å². The molecule has 0 radical (unpaired) electrons. The van der Waals surface area contributed by atoms with Crippen molar-refractivity contribution in [3.8, 4) is 11.5 Å². The van der Waals surface area contributed by atoms with Gasteiger partial charge in [-0.05, 0) is 44.3 Å². The number of hydrogen-bond donors (Lipinski definition) is 1. The molecule has 1 atom stereocenters. The highest BCUT2D eigenvalue weighted by atomic mass is 35.5. The first kappa shape index (κ1) is 17.6. The number of piperazine rings is 1. The van der Waals surface area contributed by atoms with Crippen molar-refractivity contribution in [2.45, 2.75) is 13.1 Å². The number of benzene rings is 2. The monoisotopic (exact) mass is 374 g/mol. The van der Waals surface area contributed by atoms with Crippen LogP contribution in [-0.4, -0.2) is 49.4 Å². The molecular weight excluding hydrogens is 352 g/mol. The van der Waals surface area contributed by atoms with Crippen molar-refractivity contribution in [2.75, 3.05) is 38.1 Å². The van der Waals surface area contributed by atoms with E-state index in [0.717, 1.165) is 49.1 Å². The molecule has 2 aliphatic rings. The normalized spacial score (nSPS) is 18.8. The first-order valence-corrected chi connectivity index (χ1v) is 9.21. The summed E-state index contributed by atoms with van der Waals surface area (Å²) in [6, 6.07) is 13.6. The summed E-state index contributed by atoms with van der Waals surface area (Å²) in [5.74, 6) is 1.59. The predicted molar refractivity (Wildman–Crippen MR) is 103 cm³/mol. The highest BCUT2D eigenvalue weighted by Gasteiger charge is 2.29. The molecule has 4 rings (SSSR count). The van der Waals surface area contributed by atoms with E-state index in [-0.39, 0.29) is 6.17 Å². The molecule has 2 aromatic rings. The van der Waals surface area contributed by atoms with Crippen LogP contribution in [0, 0.1) is 0 Å². The molecule has 138 valence electrons. The van der Waals surface area contributed by atoms with E-state index in [1.54, 1.807) is 0 Å². The Kier molecular flexibility index (Phi) is 5.02. The number of halogens is 1. The van der Waals surface area contributed by atoms with Gasteiger partial charge in [-0.2, -0.15) is 10.5 Å². The second kappa shape index (κ2) is 7.42. The Morgan fingerprint density at radius 3 is 2.58 bits per heavy atom. The van der Waals surface area contributed by atoms with E-state index in [4.69, 9.17) is 21.3 Å². The van der Waals surface area contributed by atoms with Gasteiger partial charge in [-0.15, -0.1) is 0 Å². The zero-order valence-corrected chi connectivity index (χ0v) is 15.7. The number of nitrogens with one attached hydrogen (secondary N) is 1. The molecule has 0 bridgehead atoms. The molecule has 2 heterocycles. The van der Waals surface area contributed by atoms with Gasteiger partial charge in [-0.1, -0.05) is 23.7 Å². The van der Waals surface area contributed by atoms with Gasteiger partial charge in [-0.3, -0.25) is 0 Å². The lowest BCUT2D eigenvalue weighted by Gasteiger charge is -2.38. The molecule has 26 heavy (non-hydrogen) atoms. The highest BCUT2D eigenvalue weighted by Crippen LogP contribution is 2.47. The quantitative estimate of drug-likeness (QED) is 0.824. The molecule has 0 saturated carbocycles.